The highest BCUT2D eigenvalue weighted by Gasteiger charge is 2.23. The van der Waals surface area contributed by atoms with Crippen molar-refractivity contribution >= 4 is 5.97 Å². The van der Waals surface area contributed by atoms with Crippen LogP contribution in [-0.4, -0.2) is 54.5 Å². The number of aromatic nitrogens is 1. The minimum atomic E-state index is -1.13. The van der Waals surface area contributed by atoms with Crippen LogP contribution in [0.3, 0.4) is 0 Å². The molecule has 1 aromatic heterocycles. The van der Waals surface area contributed by atoms with Crippen LogP contribution in [0, 0.1) is 0 Å². The van der Waals surface area contributed by atoms with E-state index in [1.54, 1.807) is 25.3 Å². The maximum absolute atomic E-state index is 10.9. The number of aromatic carboxylic acids is 1. The van der Waals surface area contributed by atoms with E-state index in [1.165, 1.54) is 6.07 Å². The first-order chi connectivity index (χ1) is 11.1. The van der Waals surface area contributed by atoms with Crippen molar-refractivity contribution in [2.45, 2.75) is 12.5 Å². The Kier molecular flexibility index (Phi) is 4.20. The molecule has 0 aliphatic carbocycles. The van der Waals surface area contributed by atoms with Gasteiger partial charge in [-0.3, -0.25) is 0 Å². The zero-order valence-corrected chi connectivity index (χ0v) is 13.0. The van der Waals surface area contributed by atoms with Crippen LogP contribution in [0.15, 0.2) is 28.8 Å². The molecule has 1 aliphatic heterocycles. The van der Waals surface area contributed by atoms with Gasteiger partial charge in [0.25, 0.3) is 0 Å². The first-order valence-electron chi connectivity index (χ1n) is 7.30. The Labute approximate surface area is 133 Å². The van der Waals surface area contributed by atoms with Gasteiger partial charge < -0.3 is 24.0 Å². The Bertz CT molecular complexity index is 712. The molecule has 1 fully saturated rings. The highest BCUT2D eigenvalue weighted by atomic mass is 16.5. The first kappa shape index (κ1) is 15.4. The number of carbonyl (C=O) groups is 1. The second-order valence-corrected chi connectivity index (χ2v) is 5.54. The van der Waals surface area contributed by atoms with Crippen LogP contribution < -0.4 is 9.47 Å². The van der Waals surface area contributed by atoms with Gasteiger partial charge in [0.15, 0.2) is 23.0 Å². The summed E-state index contributed by atoms with van der Waals surface area (Å²) in [6.45, 7) is 1.86. The third-order valence-electron chi connectivity index (χ3n) is 3.82. The smallest absolute Gasteiger partial charge is 0.358 e. The fourth-order valence-electron chi connectivity index (χ4n) is 2.60. The number of rotatable bonds is 5. The van der Waals surface area contributed by atoms with Gasteiger partial charge in [-0.15, -0.1) is 0 Å². The van der Waals surface area contributed by atoms with E-state index in [4.69, 9.17) is 19.1 Å². The number of carboxylic acids is 1. The zero-order valence-electron chi connectivity index (χ0n) is 13.0. The minimum absolute atomic E-state index is 0.105. The van der Waals surface area contributed by atoms with Gasteiger partial charge >= 0.3 is 5.97 Å². The molecule has 1 atom stereocenters. The maximum Gasteiger partial charge on any atom is 0.358 e. The molecule has 2 aromatic rings. The van der Waals surface area contributed by atoms with Gasteiger partial charge in [-0.2, -0.15) is 0 Å². The molecule has 0 spiro atoms. The van der Waals surface area contributed by atoms with Crippen LogP contribution >= 0.6 is 0 Å². The van der Waals surface area contributed by atoms with Crippen molar-refractivity contribution in [2.24, 2.45) is 0 Å². The molecule has 7 nitrogen and oxygen atoms in total. The highest BCUT2D eigenvalue weighted by Crippen LogP contribution is 2.34. The van der Waals surface area contributed by atoms with Crippen LogP contribution in [0.4, 0.5) is 0 Å². The van der Waals surface area contributed by atoms with Gasteiger partial charge in [0.05, 0.1) is 7.11 Å². The topological polar surface area (TPSA) is 85.0 Å². The average molecular weight is 318 g/mol. The van der Waals surface area contributed by atoms with E-state index in [0.717, 1.165) is 19.5 Å². The maximum atomic E-state index is 10.9. The minimum Gasteiger partial charge on any atom is -0.493 e. The van der Waals surface area contributed by atoms with E-state index in [-0.39, 0.29) is 11.8 Å². The standard InChI is InChI=1S/C16H18N2O5/c1-18-6-5-11(9-18)22-15-7-10(3-4-13(15)21-2)14-8-12(16(19)20)17-23-14/h3-4,7-8,11H,5-6,9H2,1-2H3,(H,19,20). The highest BCUT2D eigenvalue weighted by molar-refractivity contribution is 5.86. The number of nitrogens with zero attached hydrogens (tertiary/aromatic N) is 2. The molecule has 3 rings (SSSR count). The molecule has 0 amide bonds. The van der Waals surface area contributed by atoms with E-state index in [1.807, 2.05) is 0 Å². The number of ether oxygens (including phenoxy) is 2. The lowest BCUT2D eigenvalue weighted by Crippen LogP contribution is -2.21. The van der Waals surface area contributed by atoms with E-state index >= 15 is 0 Å². The molecule has 1 aromatic carbocycles. The van der Waals surface area contributed by atoms with E-state index < -0.39 is 5.97 Å². The van der Waals surface area contributed by atoms with Crippen LogP contribution in [0.25, 0.3) is 11.3 Å². The summed E-state index contributed by atoms with van der Waals surface area (Å²) in [6, 6.07) is 6.71. The van der Waals surface area contributed by atoms with Crippen molar-refractivity contribution in [3.05, 3.63) is 30.0 Å². The van der Waals surface area contributed by atoms with Crippen LogP contribution in [0.2, 0.25) is 0 Å². The lowest BCUT2D eigenvalue weighted by molar-refractivity contribution is 0.0686. The Hall–Kier alpha value is -2.54. The normalized spacial score (nSPS) is 18.1. The molecule has 1 aliphatic rings. The van der Waals surface area contributed by atoms with Crippen LogP contribution in [0.5, 0.6) is 11.5 Å². The van der Waals surface area contributed by atoms with Gasteiger partial charge in [-0.1, -0.05) is 5.16 Å². The van der Waals surface area contributed by atoms with Crippen molar-refractivity contribution in [3.8, 4) is 22.8 Å². The summed E-state index contributed by atoms with van der Waals surface area (Å²) in [7, 11) is 3.64. The molecule has 1 N–H and O–H groups in total. The number of carboxylic acid groups (broad SMARTS) is 1. The van der Waals surface area contributed by atoms with Crippen molar-refractivity contribution in [3.63, 3.8) is 0 Å². The van der Waals surface area contributed by atoms with Gasteiger partial charge in [0, 0.05) is 24.7 Å². The molecule has 7 heteroatoms. The third kappa shape index (κ3) is 3.29. The average Bonchev–Trinajstić information content (AvgIpc) is 3.16. The van der Waals surface area contributed by atoms with Crippen molar-refractivity contribution in [2.75, 3.05) is 27.2 Å². The van der Waals surface area contributed by atoms with Gasteiger partial charge in [-0.25, -0.2) is 4.79 Å². The Morgan fingerprint density at radius 1 is 1.39 bits per heavy atom. The summed E-state index contributed by atoms with van der Waals surface area (Å²) in [6.07, 6.45) is 1.06. The monoisotopic (exact) mass is 318 g/mol. The zero-order chi connectivity index (χ0) is 16.4. The summed E-state index contributed by atoms with van der Waals surface area (Å²) in [5.41, 5.74) is 0.558. The lowest BCUT2D eigenvalue weighted by atomic mass is 10.1. The number of hydrogen-bond acceptors (Lipinski definition) is 6. The fraction of sp³-hybridized carbons (Fsp3) is 0.375. The van der Waals surface area contributed by atoms with E-state index in [0.29, 0.717) is 22.8 Å². The summed E-state index contributed by atoms with van der Waals surface area (Å²) >= 11 is 0. The predicted octanol–water partition coefficient (Wildman–Crippen LogP) is 2.13. The van der Waals surface area contributed by atoms with Gasteiger partial charge in [-0.05, 0) is 31.7 Å². The number of hydrogen-bond donors (Lipinski definition) is 1. The summed E-state index contributed by atoms with van der Waals surface area (Å²) in [5.74, 6) is 0.484. The molecule has 1 saturated heterocycles. The number of likely N-dealkylation sites (tertiary alicyclic amines) is 1. The largest absolute Gasteiger partial charge is 0.493 e. The van der Waals surface area contributed by atoms with Crippen molar-refractivity contribution in [1.82, 2.24) is 10.1 Å². The van der Waals surface area contributed by atoms with Gasteiger partial charge in [0.1, 0.15) is 6.10 Å². The molecular weight excluding hydrogens is 300 g/mol. The molecule has 0 bridgehead atoms. The van der Waals surface area contributed by atoms with Crippen molar-refractivity contribution in [1.29, 1.82) is 0 Å². The molecule has 23 heavy (non-hydrogen) atoms. The van der Waals surface area contributed by atoms with Crippen LogP contribution in [0.1, 0.15) is 16.9 Å². The van der Waals surface area contributed by atoms with Gasteiger partial charge in [0.2, 0.25) is 0 Å². The quantitative estimate of drug-likeness (QED) is 0.904. The number of methoxy groups -OCH3 is 1. The Balaban J connectivity index is 1.87. The molecule has 122 valence electrons. The number of benzene rings is 1. The lowest BCUT2D eigenvalue weighted by Gasteiger charge is -2.16. The number of likely N-dealkylation sites (N-methyl/N-ethyl adjacent to an activating group) is 1. The summed E-state index contributed by atoms with van der Waals surface area (Å²) in [5, 5.41) is 12.4. The summed E-state index contributed by atoms with van der Waals surface area (Å²) in [4.78, 5) is 13.1. The molecular formula is C16H18N2O5. The molecule has 0 saturated carbocycles. The second-order valence-electron chi connectivity index (χ2n) is 5.54. The molecule has 1 unspecified atom stereocenters. The SMILES string of the molecule is COc1ccc(-c2cc(C(=O)O)no2)cc1OC1CCN(C)C1. The molecule has 0 radical (unpaired) electrons. The van der Waals surface area contributed by atoms with E-state index in [2.05, 4.69) is 17.1 Å². The third-order valence-corrected chi connectivity index (χ3v) is 3.82. The Morgan fingerprint density at radius 2 is 2.22 bits per heavy atom. The predicted molar refractivity (Wildman–Crippen MR) is 82.0 cm³/mol. The summed E-state index contributed by atoms with van der Waals surface area (Å²) < 4.78 is 16.5. The molecule has 2 heterocycles. The first-order valence-corrected chi connectivity index (χ1v) is 7.30. The van der Waals surface area contributed by atoms with E-state index in [9.17, 15) is 4.79 Å². The second kappa shape index (κ2) is 6.29. The Morgan fingerprint density at radius 3 is 2.83 bits per heavy atom. The van der Waals surface area contributed by atoms with Crippen LogP contribution in [-0.2, 0) is 0 Å². The van der Waals surface area contributed by atoms with Crippen molar-refractivity contribution < 1.29 is 23.9 Å². The fourth-order valence-corrected chi connectivity index (χ4v) is 2.60.